The Labute approximate surface area is 173 Å². The summed E-state index contributed by atoms with van der Waals surface area (Å²) in [5, 5.41) is 0. The third-order valence-corrected chi connectivity index (χ3v) is 6.10. The molecule has 0 aromatic heterocycles. The fourth-order valence-corrected chi connectivity index (χ4v) is 4.02. The third-order valence-electron chi connectivity index (χ3n) is 6.10. The van der Waals surface area contributed by atoms with Crippen molar-refractivity contribution in [1.82, 2.24) is 0 Å². The zero-order chi connectivity index (χ0) is 19.8. The van der Waals surface area contributed by atoms with E-state index in [9.17, 15) is 0 Å². The summed E-state index contributed by atoms with van der Waals surface area (Å²) in [6.07, 6.45) is 2.46. The number of benzene rings is 4. The number of nitrogens with zero attached hydrogens (tertiary/aromatic N) is 1. The normalized spacial score (nSPS) is 12.2. The van der Waals surface area contributed by atoms with Gasteiger partial charge in [0, 0.05) is 18.4 Å². The molecule has 1 aliphatic carbocycles. The van der Waals surface area contributed by atoms with Crippen LogP contribution in [0.25, 0.3) is 22.3 Å². The number of aryl methyl sites for hydroxylation is 3. The van der Waals surface area contributed by atoms with Crippen molar-refractivity contribution in [1.29, 1.82) is 0 Å². The highest BCUT2D eigenvalue weighted by atomic mass is 15.1. The molecule has 0 saturated carbocycles. The van der Waals surface area contributed by atoms with Crippen LogP contribution in [0.5, 0.6) is 0 Å². The van der Waals surface area contributed by atoms with Crippen molar-refractivity contribution in [2.24, 2.45) is 0 Å². The highest BCUT2D eigenvalue weighted by molar-refractivity contribution is 5.72. The topological polar surface area (TPSA) is 3.24 Å². The Kier molecular flexibility index (Phi) is 4.44. The zero-order valence-electron chi connectivity index (χ0n) is 17.0. The van der Waals surface area contributed by atoms with Crippen LogP contribution in [-0.4, -0.2) is 7.05 Å². The van der Waals surface area contributed by atoms with Gasteiger partial charge in [-0.25, -0.2) is 0 Å². The minimum absolute atomic E-state index is 1.19. The maximum atomic E-state index is 2.35. The van der Waals surface area contributed by atoms with Crippen LogP contribution in [0.2, 0.25) is 0 Å². The average Bonchev–Trinajstić information content (AvgIpc) is 2.75. The Morgan fingerprint density at radius 3 is 1.45 bits per heavy atom. The molecule has 5 rings (SSSR count). The van der Waals surface area contributed by atoms with Gasteiger partial charge >= 0.3 is 0 Å². The summed E-state index contributed by atoms with van der Waals surface area (Å²) >= 11 is 0. The van der Waals surface area contributed by atoms with Crippen LogP contribution in [0.4, 0.5) is 11.4 Å². The number of fused-ring (bicyclic) bond motifs is 1. The molecular formula is C28H25N. The smallest absolute Gasteiger partial charge is 0.0408 e. The zero-order valence-corrected chi connectivity index (χ0v) is 17.0. The second-order valence-electron chi connectivity index (χ2n) is 8.00. The van der Waals surface area contributed by atoms with Gasteiger partial charge in [0.25, 0.3) is 0 Å². The summed E-state index contributed by atoms with van der Waals surface area (Å²) in [7, 11) is 2.13. The lowest BCUT2D eigenvalue weighted by Gasteiger charge is -2.21. The van der Waals surface area contributed by atoms with E-state index in [1.165, 1.54) is 63.2 Å². The summed E-state index contributed by atoms with van der Waals surface area (Å²) in [6, 6.07) is 33.2. The van der Waals surface area contributed by atoms with E-state index in [0.29, 0.717) is 0 Å². The predicted molar refractivity (Wildman–Crippen MR) is 124 cm³/mol. The van der Waals surface area contributed by atoms with E-state index in [2.05, 4.69) is 110 Å². The van der Waals surface area contributed by atoms with Gasteiger partial charge in [0.1, 0.15) is 0 Å². The molecule has 1 aliphatic rings. The third kappa shape index (κ3) is 3.45. The molecule has 4 aromatic rings. The highest BCUT2D eigenvalue weighted by Gasteiger charge is 2.13. The minimum atomic E-state index is 1.19. The number of rotatable bonds is 4. The van der Waals surface area contributed by atoms with E-state index in [-0.39, 0.29) is 0 Å². The summed E-state index contributed by atoms with van der Waals surface area (Å²) in [4.78, 5) is 2.24. The van der Waals surface area contributed by atoms with E-state index in [4.69, 9.17) is 0 Å². The van der Waals surface area contributed by atoms with Crippen LogP contribution in [0, 0.1) is 6.92 Å². The molecule has 0 unspecified atom stereocenters. The molecule has 0 fully saturated rings. The number of anilines is 2. The molecule has 0 radical (unpaired) electrons. The van der Waals surface area contributed by atoms with Gasteiger partial charge in [-0.2, -0.15) is 0 Å². The molecule has 1 heteroatoms. The number of hydrogen-bond acceptors (Lipinski definition) is 1. The second-order valence-corrected chi connectivity index (χ2v) is 8.00. The molecule has 0 saturated heterocycles. The van der Waals surface area contributed by atoms with Crippen LogP contribution in [-0.2, 0) is 12.8 Å². The molecule has 29 heavy (non-hydrogen) atoms. The van der Waals surface area contributed by atoms with Crippen LogP contribution >= 0.6 is 0 Å². The van der Waals surface area contributed by atoms with Crippen molar-refractivity contribution in [3.63, 3.8) is 0 Å². The van der Waals surface area contributed by atoms with Gasteiger partial charge in [-0.3, -0.25) is 0 Å². The maximum Gasteiger partial charge on any atom is 0.0408 e. The summed E-state index contributed by atoms with van der Waals surface area (Å²) in [5.74, 6) is 0. The van der Waals surface area contributed by atoms with Gasteiger partial charge in [0.05, 0.1) is 0 Å². The molecule has 0 amide bonds. The second kappa shape index (κ2) is 7.25. The van der Waals surface area contributed by atoms with Crippen molar-refractivity contribution in [2.45, 2.75) is 19.8 Å². The molecule has 142 valence electrons. The van der Waals surface area contributed by atoms with E-state index < -0.39 is 0 Å². The van der Waals surface area contributed by atoms with Crippen LogP contribution < -0.4 is 4.90 Å². The first-order chi connectivity index (χ1) is 14.2. The Balaban J connectivity index is 1.35. The van der Waals surface area contributed by atoms with E-state index in [0.717, 1.165) is 0 Å². The van der Waals surface area contributed by atoms with Crippen molar-refractivity contribution in [3.8, 4) is 22.3 Å². The number of hydrogen-bond donors (Lipinski definition) is 0. The fourth-order valence-electron chi connectivity index (χ4n) is 4.02. The average molecular weight is 376 g/mol. The monoisotopic (exact) mass is 375 g/mol. The Bertz CT molecular complexity index is 1140. The fraction of sp³-hybridized carbons (Fsp3) is 0.143. The predicted octanol–water partition coefficient (Wildman–Crippen LogP) is 7.20. The molecule has 0 N–H and O–H groups in total. The van der Waals surface area contributed by atoms with Crippen molar-refractivity contribution in [3.05, 3.63) is 108 Å². The molecule has 0 bridgehead atoms. The molecule has 4 aromatic carbocycles. The van der Waals surface area contributed by atoms with E-state index >= 15 is 0 Å². The van der Waals surface area contributed by atoms with Crippen LogP contribution in [0.15, 0.2) is 91.0 Å². The summed E-state index contributed by atoms with van der Waals surface area (Å²) in [6.45, 7) is 2.12. The van der Waals surface area contributed by atoms with E-state index in [1.807, 2.05) is 0 Å². The van der Waals surface area contributed by atoms with Crippen molar-refractivity contribution in [2.75, 3.05) is 11.9 Å². The SMILES string of the molecule is Cc1ccc(-c2ccc(N(C)c3ccc(-c4ccc5c(c4)CC5)cc3)cc2)cc1. The minimum Gasteiger partial charge on any atom is -0.345 e. The Hall–Kier alpha value is -3.32. The molecule has 0 spiro atoms. The Morgan fingerprint density at radius 2 is 0.966 bits per heavy atom. The molecule has 0 heterocycles. The highest BCUT2D eigenvalue weighted by Crippen LogP contribution is 2.32. The van der Waals surface area contributed by atoms with Gasteiger partial charge in [0.15, 0.2) is 0 Å². The first-order valence-electron chi connectivity index (χ1n) is 10.3. The molecular weight excluding hydrogens is 350 g/mol. The molecule has 1 nitrogen and oxygen atoms in total. The summed E-state index contributed by atoms with van der Waals surface area (Å²) < 4.78 is 0. The van der Waals surface area contributed by atoms with Crippen LogP contribution in [0.1, 0.15) is 16.7 Å². The van der Waals surface area contributed by atoms with Gasteiger partial charge in [-0.05, 0) is 77.4 Å². The van der Waals surface area contributed by atoms with Gasteiger partial charge in [-0.1, -0.05) is 72.3 Å². The first kappa shape index (κ1) is 17.8. The quantitative estimate of drug-likeness (QED) is 0.365. The van der Waals surface area contributed by atoms with Crippen molar-refractivity contribution >= 4 is 11.4 Å². The summed E-state index contributed by atoms with van der Waals surface area (Å²) in [5.41, 5.74) is 11.8. The molecule has 0 aliphatic heterocycles. The van der Waals surface area contributed by atoms with Gasteiger partial charge in [-0.15, -0.1) is 0 Å². The lowest BCUT2D eigenvalue weighted by molar-refractivity contribution is 0.840. The maximum absolute atomic E-state index is 2.35. The molecule has 0 atom stereocenters. The first-order valence-corrected chi connectivity index (χ1v) is 10.3. The lowest BCUT2D eigenvalue weighted by Crippen LogP contribution is -2.09. The van der Waals surface area contributed by atoms with Crippen LogP contribution in [0.3, 0.4) is 0 Å². The Morgan fingerprint density at radius 1 is 0.517 bits per heavy atom. The standard InChI is InChI=1S/C28H25N/c1-20-3-5-21(6-4-20)22-11-15-27(16-12-22)29(2)28-17-13-24(14-18-28)26-10-8-23-7-9-25(23)19-26/h3-6,8,10-19H,7,9H2,1-2H3. The van der Waals surface area contributed by atoms with Crippen molar-refractivity contribution < 1.29 is 0 Å². The van der Waals surface area contributed by atoms with Gasteiger partial charge in [0.2, 0.25) is 0 Å². The lowest BCUT2D eigenvalue weighted by atomic mass is 9.86. The van der Waals surface area contributed by atoms with E-state index in [1.54, 1.807) is 0 Å². The van der Waals surface area contributed by atoms with Gasteiger partial charge < -0.3 is 4.90 Å². The largest absolute Gasteiger partial charge is 0.345 e.